The zero-order valence-electron chi connectivity index (χ0n) is 18.0. The quantitative estimate of drug-likeness (QED) is 0.303. The highest BCUT2D eigenvalue weighted by atomic mass is 127. The summed E-state index contributed by atoms with van der Waals surface area (Å²) < 4.78 is 52.9. The number of imidazole rings is 1. The van der Waals surface area contributed by atoms with Crippen LogP contribution in [-0.2, 0) is 19.2 Å². The van der Waals surface area contributed by atoms with Gasteiger partial charge in [-0.2, -0.15) is 13.2 Å². The molecule has 0 amide bonds. The Hall–Kier alpha value is -2.22. The molecule has 1 aliphatic heterocycles. The van der Waals surface area contributed by atoms with E-state index < -0.39 is 24.0 Å². The normalized spacial score (nSPS) is 15.2. The maximum absolute atomic E-state index is 13.7. The van der Waals surface area contributed by atoms with Gasteiger partial charge in [0.25, 0.3) is 0 Å². The summed E-state index contributed by atoms with van der Waals surface area (Å²) in [6, 6.07) is 5.55. The summed E-state index contributed by atoms with van der Waals surface area (Å²) in [5, 5.41) is 13.5. The van der Waals surface area contributed by atoms with Gasteiger partial charge in [0.05, 0.1) is 0 Å². The molecule has 1 aromatic carbocycles. The van der Waals surface area contributed by atoms with E-state index in [-0.39, 0.29) is 37.3 Å². The Morgan fingerprint density at radius 3 is 2.66 bits per heavy atom. The van der Waals surface area contributed by atoms with Crippen LogP contribution in [0.3, 0.4) is 0 Å². The number of benzene rings is 1. The van der Waals surface area contributed by atoms with E-state index in [1.807, 2.05) is 25.1 Å². The lowest BCUT2D eigenvalue weighted by atomic mass is 9.98. The summed E-state index contributed by atoms with van der Waals surface area (Å²) in [5.41, 5.74) is -2.17. The predicted molar refractivity (Wildman–Crippen MR) is 123 cm³/mol. The van der Waals surface area contributed by atoms with Gasteiger partial charge in [-0.3, -0.25) is 4.99 Å². The Labute approximate surface area is 201 Å². The number of fused-ring (bicyclic) bond motifs is 1. The van der Waals surface area contributed by atoms with Gasteiger partial charge in [-0.1, -0.05) is 6.07 Å². The van der Waals surface area contributed by atoms with Crippen molar-refractivity contribution >= 4 is 29.9 Å². The lowest BCUT2D eigenvalue weighted by molar-refractivity contribution is -0.272. The number of nitrogens with one attached hydrogen (secondary N) is 1. The molecule has 1 unspecified atom stereocenters. The molecule has 3 rings (SSSR count). The molecular weight excluding hydrogens is 542 g/mol. The number of guanidine groups is 1. The number of halogens is 4. The molecule has 0 radical (unpaired) electrons. The number of hydrogen-bond donors (Lipinski definition) is 2. The monoisotopic (exact) mass is 569 g/mol. The summed E-state index contributed by atoms with van der Waals surface area (Å²) in [5.74, 6) is 1.28. The van der Waals surface area contributed by atoms with Gasteiger partial charge in [0.15, 0.2) is 17.5 Å². The zero-order valence-corrected chi connectivity index (χ0v) is 20.3. The van der Waals surface area contributed by atoms with Crippen LogP contribution >= 0.6 is 24.0 Å². The molecule has 32 heavy (non-hydrogen) atoms. The Morgan fingerprint density at radius 1 is 1.31 bits per heavy atom. The lowest BCUT2D eigenvalue weighted by Gasteiger charge is -2.29. The van der Waals surface area contributed by atoms with Crippen molar-refractivity contribution in [2.45, 2.75) is 31.7 Å². The number of aliphatic hydroxyl groups is 1. The Balaban J connectivity index is 0.00000363. The number of aromatic nitrogens is 2. The van der Waals surface area contributed by atoms with E-state index in [1.165, 1.54) is 19.4 Å². The average Bonchev–Trinajstić information content (AvgIpc) is 3.34. The lowest BCUT2D eigenvalue weighted by Crippen LogP contribution is -2.45. The maximum Gasteiger partial charge on any atom is 0.424 e. The Bertz CT molecular complexity index is 937. The standard InChI is InChI=1S/C20H26F3N5O3.HI/c1-4-24-18(28(3)12-14-5-6-15-16(11-14)31-13-30-15)26-8-7-19(29,20(21,22)23)17-25-9-10-27(17)2;/h5-6,9-11,29H,4,7-8,12-13H2,1-3H3,(H,24,26);1H. The van der Waals surface area contributed by atoms with Crippen LogP contribution in [0.1, 0.15) is 24.7 Å². The van der Waals surface area contributed by atoms with Gasteiger partial charge < -0.3 is 29.4 Å². The zero-order chi connectivity index (χ0) is 22.6. The maximum atomic E-state index is 13.7. The van der Waals surface area contributed by atoms with E-state index in [0.29, 0.717) is 30.5 Å². The number of ether oxygens (including phenoxy) is 2. The third-order valence-electron chi connectivity index (χ3n) is 4.95. The smallest absolute Gasteiger partial charge is 0.424 e. The van der Waals surface area contributed by atoms with Crippen molar-refractivity contribution in [2.75, 3.05) is 26.9 Å². The van der Waals surface area contributed by atoms with Crippen LogP contribution in [0.15, 0.2) is 35.6 Å². The second-order valence-corrected chi connectivity index (χ2v) is 7.25. The second kappa shape index (κ2) is 10.6. The molecule has 2 heterocycles. The minimum atomic E-state index is -4.89. The van der Waals surface area contributed by atoms with Crippen LogP contribution in [0, 0.1) is 0 Å². The van der Waals surface area contributed by atoms with Gasteiger partial charge in [0, 0.05) is 52.5 Å². The minimum Gasteiger partial charge on any atom is -0.454 e. The van der Waals surface area contributed by atoms with E-state index in [9.17, 15) is 18.3 Å². The van der Waals surface area contributed by atoms with Crippen LogP contribution in [0.25, 0.3) is 0 Å². The molecule has 2 aromatic rings. The molecule has 0 fully saturated rings. The summed E-state index contributed by atoms with van der Waals surface area (Å²) in [6.45, 7) is 2.77. The third kappa shape index (κ3) is 5.57. The van der Waals surface area contributed by atoms with Crippen LogP contribution in [0.2, 0.25) is 0 Å². The molecule has 1 aliphatic rings. The molecule has 12 heteroatoms. The summed E-state index contributed by atoms with van der Waals surface area (Å²) in [4.78, 5) is 9.79. The van der Waals surface area contributed by atoms with E-state index in [4.69, 9.17) is 9.47 Å². The predicted octanol–water partition coefficient (Wildman–Crippen LogP) is 3.00. The highest BCUT2D eigenvalue weighted by molar-refractivity contribution is 14.0. The second-order valence-electron chi connectivity index (χ2n) is 7.25. The fourth-order valence-corrected chi connectivity index (χ4v) is 3.33. The number of aliphatic imine (C=N–C) groups is 1. The molecule has 0 saturated heterocycles. The van der Waals surface area contributed by atoms with Crippen molar-refractivity contribution < 1.29 is 27.8 Å². The number of nitrogens with zero attached hydrogens (tertiary/aromatic N) is 4. The molecule has 0 aliphatic carbocycles. The number of hydrogen-bond acceptors (Lipinski definition) is 5. The number of aryl methyl sites for hydroxylation is 1. The van der Waals surface area contributed by atoms with Gasteiger partial charge in [0.2, 0.25) is 12.4 Å². The number of alkyl halides is 3. The topological polar surface area (TPSA) is 84.1 Å². The van der Waals surface area contributed by atoms with Gasteiger partial charge in [-0.15, -0.1) is 24.0 Å². The summed E-state index contributed by atoms with van der Waals surface area (Å²) >= 11 is 0. The van der Waals surface area contributed by atoms with Crippen molar-refractivity contribution in [1.82, 2.24) is 19.8 Å². The highest BCUT2D eigenvalue weighted by Gasteiger charge is 2.57. The first-order valence-corrected chi connectivity index (χ1v) is 9.80. The van der Waals surface area contributed by atoms with E-state index >= 15 is 0 Å². The Kier molecular flexibility index (Phi) is 8.62. The molecule has 8 nitrogen and oxygen atoms in total. The highest BCUT2D eigenvalue weighted by Crippen LogP contribution is 2.40. The largest absolute Gasteiger partial charge is 0.454 e. The van der Waals surface area contributed by atoms with Crippen molar-refractivity contribution in [1.29, 1.82) is 0 Å². The fraction of sp³-hybridized carbons (Fsp3) is 0.500. The molecule has 1 atom stereocenters. The summed E-state index contributed by atoms with van der Waals surface area (Å²) in [7, 11) is 3.19. The molecule has 178 valence electrons. The molecular formula is C20H27F3IN5O3. The van der Waals surface area contributed by atoms with Gasteiger partial charge in [-0.05, 0) is 24.6 Å². The molecule has 2 N–H and O–H groups in total. The molecule has 0 saturated carbocycles. The summed E-state index contributed by atoms with van der Waals surface area (Å²) in [6.07, 6.45) is -2.97. The SMILES string of the molecule is CCNC(=NCCC(O)(c1nccn1C)C(F)(F)F)N(C)Cc1ccc2c(c1)OCO2.I. The van der Waals surface area contributed by atoms with Gasteiger partial charge in [-0.25, -0.2) is 4.98 Å². The molecule has 1 aromatic heterocycles. The minimum absolute atomic E-state index is 0. The first-order valence-electron chi connectivity index (χ1n) is 9.80. The van der Waals surface area contributed by atoms with Crippen molar-refractivity contribution in [3.05, 3.63) is 42.0 Å². The van der Waals surface area contributed by atoms with Crippen molar-refractivity contribution in [3.63, 3.8) is 0 Å². The van der Waals surface area contributed by atoms with Crippen LogP contribution in [0.5, 0.6) is 11.5 Å². The molecule has 0 spiro atoms. The van der Waals surface area contributed by atoms with Crippen molar-refractivity contribution in [2.24, 2.45) is 12.0 Å². The van der Waals surface area contributed by atoms with Crippen LogP contribution in [0.4, 0.5) is 13.2 Å². The van der Waals surface area contributed by atoms with Gasteiger partial charge in [0.1, 0.15) is 5.82 Å². The Morgan fingerprint density at radius 2 is 2.03 bits per heavy atom. The first-order chi connectivity index (χ1) is 14.7. The van der Waals surface area contributed by atoms with E-state index in [1.54, 1.807) is 11.9 Å². The number of rotatable bonds is 7. The first kappa shape index (κ1) is 26.0. The van der Waals surface area contributed by atoms with Crippen LogP contribution < -0.4 is 14.8 Å². The molecule has 0 bridgehead atoms. The van der Waals surface area contributed by atoms with E-state index in [2.05, 4.69) is 15.3 Å². The van der Waals surface area contributed by atoms with Crippen molar-refractivity contribution in [3.8, 4) is 11.5 Å². The van der Waals surface area contributed by atoms with Gasteiger partial charge >= 0.3 is 6.18 Å². The third-order valence-corrected chi connectivity index (χ3v) is 4.95. The fourth-order valence-electron chi connectivity index (χ4n) is 3.33. The average molecular weight is 569 g/mol. The van der Waals surface area contributed by atoms with E-state index in [0.717, 1.165) is 10.1 Å². The van der Waals surface area contributed by atoms with Crippen LogP contribution in [-0.4, -0.2) is 58.6 Å².